The van der Waals surface area contributed by atoms with Gasteiger partial charge in [-0.2, -0.15) is 0 Å². The molecule has 1 amide bonds. The molecule has 0 aliphatic carbocycles. The van der Waals surface area contributed by atoms with E-state index in [0.29, 0.717) is 0 Å². The second-order valence-electron chi connectivity index (χ2n) is 2.75. The van der Waals surface area contributed by atoms with Gasteiger partial charge in [0.15, 0.2) is 0 Å². The number of benzene rings is 1. The Balaban J connectivity index is 2.52. The monoisotopic (exact) mass is 187 g/mol. The third kappa shape index (κ3) is 3.72. The summed E-state index contributed by atoms with van der Waals surface area (Å²) in [7, 11) is 0. The Morgan fingerprint density at radius 2 is 2.00 bits per heavy atom. The van der Waals surface area contributed by atoms with Gasteiger partial charge in [0.2, 0.25) is 5.91 Å². The van der Waals surface area contributed by atoms with E-state index >= 15 is 0 Å². The van der Waals surface area contributed by atoms with Crippen molar-refractivity contribution in [3.63, 3.8) is 0 Å². The van der Waals surface area contributed by atoms with Crippen LogP contribution >= 0.6 is 0 Å². The highest BCUT2D eigenvalue weighted by Gasteiger charge is 1.89. The number of carbonyl (C=O) groups is 1. The van der Waals surface area contributed by atoms with E-state index in [-0.39, 0.29) is 5.91 Å². The van der Waals surface area contributed by atoms with E-state index < -0.39 is 0 Å². The van der Waals surface area contributed by atoms with Gasteiger partial charge in [-0.05, 0) is 24.8 Å². The maximum absolute atomic E-state index is 11.1. The lowest BCUT2D eigenvalue weighted by Gasteiger charge is -1.92. The largest absolute Gasteiger partial charge is 0.329 e. The maximum Gasteiger partial charge on any atom is 0.247 e. The molecule has 0 bridgehead atoms. The third-order valence-electron chi connectivity index (χ3n) is 1.62. The van der Waals surface area contributed by atoms with E-state index in [1.807, 2.05) is 37.3 Å². The molecule has 0 saturated carbocycles. The minimum absolute atomic E-state index is 0.119. The van der Waals surface area contributed by atoms with Crippen LogP contribution in [0.1, 0.15) is 12.5 Å². The fourth-order valence-corrected chi connectivity index (χ4v) is 0.950. The quantitative estimate of drug-likeness (QED) is 0.723. The first-order valence-electron chi connectivity index (χ1n) is 4.47. The minimum atomic E-state index is -0.119. The minimum Gasteiger partial charge on any atom is -0.329 e. The van der Waals surface area contributed by atoms with Crippen LogP contribution in [0.2, 0.25) is 0 Å². The zero-order valence-electron chi connectivity index (χ0n) is 8.10. The summed E-state index contributed by atoms with van der Waals surface area (Å²) >= 11 is 0. The topological polar surface area (TPSA) is 29.1 Å². The van der Waals surface area contributed by atoms with Crippen LogP contribution in [0.3, 0.4) is 0 Å². The van der Waals surface area contributed by atoms with Crippen molar-refractivity contribution in [2.45, 2.75) is 6.92 Å². The van der Waals surface area contributed by atoms with Crippen molar-refractivity contribution in [3.8, 4) is 0 Å². The first kappa shape index (κ1) is 10.3. The predicted octanol–water partition coefficient (Wildman–Crippen LogP) is 2.35. The number of carbonyl (C=O) groups excluding carboxylic acids is 1. The van der Waals surface area contributed by atoms with E-state index in [4.69, 9.17) is 0 Å². The molecule has 0 radical (unpaired) electrons. The Morgan fingerprint density at radius 1 is 1.29 bits per heavy atom. The molecule has 0 aliphatic rings. The summed E-state index contributed by atoms with van der Waals surface area (Å²) in [4.78, 5) is 11.1. The van der Waals surface area contributed by atoms with Crippen molar-refractivity contribution in [1.29, 1.82) is 0 Å². The lowest BCUT2D eigenvalue weighted by atomic mass is 10.2. The fraction of sp³-hybridized carbons (Fsp3) is 0.0833. The molecule has 1 N–H and O–H groups in total. The Hall–Kier alpha value is -1.83. The van der Waals surface area contributed by atoms with Gasteiger partial charge < -0.3 is 5.32 Å². The standard InChI is InChI=1S/C12H13NO/c1-2-10-13-12(14)9-8-11-6-4-3-5-7-11/h2-10H,1H3,(H,13,14)/b9-8+,10-2+. The smallest absolute Gasteiger partial charge is 0.247 e. The van der Waals surface area contributed by atoms with Crippen LogP contribution in [-0.2, 0) is 4.79 Å². The summed E-state index contributed by atoms with van der Waals surface area (Å²) in [6.07, 6.45) is 6.67. The summed E-state index contributed by atoms with van der Waals surface area (Å²) in [5, 5.41) is 2.60. The number of hydrogen-bond donors (Lipinski definition) is 1. The number of hydrogen-bond acceptors (Lipinski definition) is 1. The highest BCUT2D eigenvalue weighted by molar-refractivity contribution is 5.92. The molecule has 0 unspecified atom stereocenters. The van der Waals surface area contributed by atoms with Crippen LogP contribution in [0.4, 0.5) is 0 Å². The van der Waals surface area contributed by atoms with Crippen molar-refractivity contribution >= 4 is 12.0 Å². The fourth-order valence-electron chi connectivity index (χ4n) is 0.950. The molecule has 0 spiro atoms. The molecule has 0 atom stereocenters. The highest BCUT2D eigenvalue weighted by atomic mass is 16.1. The second kappa shape index (κ2) is 5.75. The SMILES string of the molecule is C/C=C/NC(=O)/C=C/c1ccccc1. The lowest BCUT2D eigenvalue weighted by molar-refractivity contribution is -0.115. The van der Waals surface area contributed by atoms with Gasteiger partial charge in [0.1, 0.15) is 0 Å². The summed E-state index contributed by atoms with van der Waals surface area (Å²) in [6, 6.07) is 9.70. The molecule has 14 heavy (non-hydrogen) atoms. The van der Waals surface area contributed by atoms with Crippen molar-refractivity contribution in [1.82, 2.24) is 5.32 Å². The van der Waals surface area contributed by atoms with Gasteiger partial charge in [0, 0.05) is 6.08 Å². The first-order chi connectivity index (χ1) is 6.83. The first-order valence-corrected chi connectivity index (χ1v) is 4.47. The van der Waals surface area contributed by atoms with Gasteiger partial charge in [0.05, 0.1) is 0 Å². The summed E-state index contributed by atoms with van der Waals surface area (Å²) in [5.41, 5.74) is 1.02. The van der Waals surface area contributed by atoms with Crippen molar-refractivity contribution in [3.05, 3.63) is 54.2 Å². The number of amides is 1. The normalized spacial score (nSPS) is 10.9. The summed E-state index contributed by atoms with van der Waals surface area (Å²) in [6.45, 7) is 1.85. The Labute approximate surface area is 84.0 Å². The van der Waals surface area contributed by atoms with Gasteiger partial charge in [0.25, 0.3) is 0 Å². The van der Waals surface area contributed by atoms with Crippen LogP contribution in [0, 0.1) is 0 Å². The van der Waals surface area contributed by atoms with Gasteiger partial charge in [-0.15, -0.1) is 0 Å². The van der Waals surface area contributed by atoms with E-state index in [2.05, 4.69) is 5.32 Å². The molecule has 1 aromatic carbocycles. The van der Waals surface area contributed by atoms with E-state index in [1.165, 1.54) is 6.08 Å². The van der Waals surface area contributed by atoms with E-state index in [9.17, 15) is 4.79 Å². The zero-order chi connectivity index (χ0) is 10.2. The molecular formula is C12H13NO. The van der Waals surface area contributed by atoms with Crippen LogP contribution in [0.15, 0.2) is 48.7 Å². The molecule has 2 heteroatoms. The van der Waals surface area contributed by atoms with Gasteiger partial charge >= 0.3 is 0 Å². The van der Waals surface area contributed by atoms with Crippen molar-refractivity contribution in [2.24, 2.45) is 0 Å². The molecule has 0 aliphatic heterocycles. The molecule has 0 fully saturated rings. The molecule has 0 heterocycles. The number of allylic oxidation sites excluding steroid dienone is 1. The van der Waals surface area contributed by atoms with Crippen LogP contribution in [0.25, 0.3) is 6.08 Å². The highest BCUT2D eigenvalue weighted by Crippen LogP contribution is 2.00. The molecule has 0 saturated heterocycles. The van der Waals surface area contributed by atoms with Crippen LogP contribution in [0.5, 0.6) is 0 Å². The predicted molar refractivity (Wildman–Crippen MR) is 58.4 cm³/mol. The summed E-state index contributed by atoms with van der Waals surface area (Å²) in [5.74, 6) is -0.119. The molecule has 1 rings (SSSR count). The summed E-state index contributed by atoms with van der Waals surface area (Å²) < 4.78 is 0. The lowest BCUT2D eigenvalue weighted by Crippen LogP contribution is -2.12. The molecule has 2 nitrogen and oxygen atoms in total. The number of rotatable bonds is 3. The Morgan fingerprint density at radius 3 is 2.64 bits per heavy atom. The van der Waals surface area contributed by atoms with E-state index in [1.54, 1.807) is 18.4 Å². The molecule has 1 aromatic rings. The maximum atomic E-state index is 11.1. The average molecular weight is 187 g/mol. The third-order valence-corrected chi connectivity index (χ3v) is 1.62. The zero-order valence-corrected chi connectivity index (χ0v) is 8.10. The Kier molecular flexibility index (Phi) is 4.21. The van der Waals surface area contributed by atoms with Gasteiger partial charge in [-0.25, -0.2) is 0 Å². The number of nitrogens with one attached hydrogen (secondary N) is 1. The second-order valence-corrected chi connectivity index (χ2v) is 2.75. The van der Waals surface area contributed by atoms with Gasteiger partial charge in [-0.3, -0.25) is 4.79 Å². The van der Waals surface area contributed by atoms with Gasteiger partial charge in [-0.1, -0.05) is 36.4 Å². The van der Waals surface area contributed by atoms with Crippen molar-refractivity contribution in [2.75, 3.05) is 0 Å². The van der Waals surface area contributed by atoms with E-state index in [0.717, 1.165) is 5.56 Å². The van der Waals surface area contributed by atoms with Crippen LogP contribution < -0.4 is 5.32 Å². The Bertz CT molecular complexity index is 339. The molecule has 72 valence electrons. The van der Waals surface area contributed by atoms with Crippen LogP contribution in [-0.4, -0.2) is 5.91 Å². The molecular weight excluding hydrogens is 174 g/mol. The van der Waals surface area contributed by atoms with Crippen molar-refractivity contribution < 1.29 is 4.79 Å². The average Bonchev–Trinajstić information content (AvgIpc) is 2.25. The molecule has 0 aromatic heterocycles.